The zero-order valence-electron chi connectivity index (χ0n) is 13.2. The van der Waals surface area contributed by atoms with Crippen molar-refractivity contribution in [3.63, 3.8) is 0 Å². The number of para-hydroxylation sites is 1. The molecule has 0 saturated carbocycles. The van der Waals surface area contributed by atoms with E-state index in [1.54, 1.807) is 6.20 Å². The molecule has 4 heteroatoms. The summed E-state index contributed by atoms with van der Waals surface area (Å²) < 4.78 is 0. The van der Waals surface area contributed by atoms with Gasteiger partial charge in [0.2, 0.25) is 0 Å². The minimum atomic E-state index is 0. The van der Waals surface area contributed by atoms with Crippen LogP contribution < -0.4 is 0 Å². The molecule has 1 aliphatic rings. The molecule has 1 nitrogen and oxygen atoms in total. The van der Waals surface area contributed by atoms with Gasteiger partial charge in [-0.2, -0.15) is 35.4 Å². The third-order valence-electron chi connectivity index (χ3n) is 3.67. The Morgan fingerprint density at radius 1 is 1.05 bits per heavy atom. The Hall–Kier alpha value is -0.778. The van der Waals surface area contributed by atoms with Crippen LogP contribution in [0.2, 0.25) is 0 Å². The summed E-state index contributed by atoms with van der Waals surface area (Å²) in [6, 6.07) is 12.9. The van der Waals surface area contributed by atoms with E-state index in [1.807, 2.05) is 30.3 Å². The fourth-order valence-electron chi connectivity index (χ4n) is 2.11. The summed E-state index contributed by atoms with van der Waals surface area (Å²) in [5.41, 5.74) is 5.18. The molecule has 0 spiro atoms. The largest absolute Gasteiger partial charge is 2.00 e. The summed E-state index contributed by atoms with van der Waals surface area (Å²) in [6.45, 7) is 8.67. The Kier molecular flexibility index (Phi) is 11.6. The monoisotopic (exact) mass is 373 g/mol. The molecule has 3 rings (SSSR count). The first-order valence-corrected chi connectivity index (χ1v) is 6.59. The third-order valence-corrected chi connectivity index (χ3v) is 3.67. The number of nitrogens with zero attached hydrogens (tertiary/aromatic N) is 1. The molecule has 1 aromatic heterocycles. The molecular formula is C18H21Cl2CrN. The standard InChI is InChI=1S/C9H6N.C9H13.2ClH.Cr/c1-2-6-9-8(4-1)5-3-7-10-9;1-6-5-7(2)9(4)8(6)3;;;/h1-5,7H;6H,1-4H3;2*1H;/q2*-1;;;+2. The van der Waals surface area contributed by atoms with E-state index < -0.39 is 0 Å². The van der Waals surface area contributed by atoms with Crippen molar-refractivity contribution in [1.29, 1.82) is 0 Å². The maximum absolute atomic E-state index is 4.13. The first-order chi connectivity index (χ1) is 9.09. The smallest absolute Gasteiger partial charge is 0.283 e. The fraction of sp³-hybridized carbons (Fsp3) is 0.278. The van der Waals surface area contributed by atoms with Crippen LogP contribution in [-0.2, 0) is 17.4 Å². The van der Waals surface area contributed by atoms with E-state index in [1.165, 1.54) is 16.7 Å². The second kappa shape index (κ2) is 10.9. The number of pyridine rings is 1. The molecule has 2 aromatic rings. The molecule has 1 heterocycles. The minimum absolute atomic E-state index is 0. The molecular weight excluding hydrogens is 353 g/mol. The molecule has 1 atom stereocenters. The van der Waals surface area contributed by atoms with E-state index in [2.05, 4.69) is 44.8 Å². The second-order valence-corrected chi connectivity index (χ2v) is 4.91. The van der Waals surface area contributed by atoms with Crippen molar-refractivity contribution in [1.82, 2.24) is 4.98 Å². The number of hydrogen-bond donors (Lipinski definition) is 0. The van der Waals surface area contributed by atoms with Crippen LogP contribution in [0.1, 0.15) is 27.7 Å². The summed E-state index contributed by atoms with van der Waals surface area (Å²) in [6.07, 6.45) is 5.14. The van der Waals surface area contributed by atoms with E-state index >= 15 is 0 Å². The van der Waals surface area contributed by atoms with Crippen LogP contribution in [0.15, 0.2) is 53.2 Å². The number of allylic oxidation sites excluding steroid dienone is 4. The maximum atomic E-state index is 4.13. The first-order valence-electron chi connectivity index (χ1n) is 6.59. The summed E-state index contributed by atoms with van der Waals surface area (Å²) >= 11 is 0. The van der Waals surface area contributed by atoms with Gasteiger partial charge < -0.3 is 0 Å². The quantitative estimate of drug-likeness (QED) is 0.547. The molecule has 1 aliphatic carbocycles. The molecule has 118 valence electrons. The summed E-state index contributed by atoms with van der Waals surface area (Å²) in [5, 5.41) is 1.14. The number of fused-ring (bicyclic) bond motifs is 1. The van der Waals surface area contributed by atoms with Gasteiger partial charge in [0.25, 0.3) is 0 Å². The summed E-state index contributed by atoms with van der Waals surface area (Å²) in [7, 11) is 0. The van der Waals surface area contributed by atoms with Crippen LogP contribution in [0.5, 0.6) is 0 Å². The van der Waals surface area contributed by atoms with Crippen LogP contribution in [0.4, 0.5) is 0 Å². The Bertz CT molecular complexity index is 585. The topological polar surface area (TPSA) is 12.9 Å². The van der Waals surface area contributed by atoms with Crippen LogP contribution in [0, 0.1) is 18.1 Å². The Morgan fingerprint density at radius 3 is 2.14 bits per heavy atom. The minimum Gasteiger partial charge on any atom is -0.283 e. The normalized spacial score (nSPS) is 15.6. The van der Waals surface area contributed by atoms with Gasteiger partial charge in [-0.3, -0.25) is 11.1 Å². The molecule has 0 fully saturated rings. The van der Waals surface area contributed by atoms with Crippen molar-refractivity contribution >= 4 is 35.7 Å². The average molecular weight is 374 g/mol. The van der Waals surface area contributed by atoms with Gasteiger partial charge in [0.05, 0.1) is 0 Å². The van der Waals surface area contributed by atoms with E-state index in [4.69, 9.17) is 0 Å². The van der Waals surface area contributed by atoms with Crippen LogP contribution >= 0.6 is 24.8 Å². The average Bonchev–Trinajstić information content (AvgIpc) is 2.66. The van der Waals surface area contributed by atoms with Gasteiger partial charge in [-0.1, -0.05) is 32.8 Å². The van der Waals surface area contributed by atoms with Gasteiger partial charge in [-0.25, -0.2) is 5.57 Å². The summed E-state index contributed by atoms with van der Waals surface area (Å²) in [4.78, 5) is 4.13. The van der Waals surface area contributed by atoms with Crippen LogP contribution in [0.3, 0.4) is 0 Å². The Balaban J connectivity index is 0. The zero-order valence-corrected chi connectivity index (χ0v) is 16.1. The van der Waals surface area contributed by atoms with Crippen molar-refractivity contribution in [2.45, 2.75) is 27.7 Å². The molecule has 22 heavy (non-hydrogen) atoms. The van der Waals surface area contributed by atoms with E-state index in [9.17, 15) is 0 Å². The molecule has 0 amide bonds. The predicted molar refractivity (Wildman–Crippen MR) is 95.0 cm³/mol. The number of rotatable bonds is 0. The van der Waals surface area contributed by atoms with E-state index in [0.717, 1.165) is 10.9 Å². The fourth-order valence-corrected chi connectivity index (χ4v) is 2.11. The van der Waals surface area contributed by atoms with E-state index in [0.29, 0.717) is 5.92 Å². The molecule has 0 bridgehead atoms. The molecule has 0 aliphatic heterocycles. The van der Waals surface area contributed by atoms with Crippen molar-refractivity contribution in [3.8, 4) is 0 Å². The Morgan fingerprint density at radius 2 is 1.68 bits per heavy atom. The molecule has 1 aromatic carbocycles. The number of benzene rings is 1. The molecule has 1 unspecified atom stereocenters. The van der Waals surface area contributed by atoms with E-state index in [-0.39, 0.29) is 42.2 Å². The third kappa shape index (κ3) is 5.78. The first kappa shape index (κ1) is 23.5. The van der Waals surface area contributed by atoms with Crippen molar-refractivity contribution in [2.75, 3.05) is 0 Å². The number of hydrogen-bond acceptors (Lipinski definition) is 1. The number of halogens is 2. The van der Waals surface area contributed by atoms with Crippen molar-refractivity contribution in [3.05, 3.63) is 65.4 Å². The van der Waals surface area contributed by atoms with Gasteiger partial charge >= 0.3 is 17.4 Å². The van der Waals surface area contributed by atoms with Crippen molar-refractivity contribution in [2.24, 2.45) is 5.92 Å². The van der Waals surface area contributed by atoms with Gasteiger partial charge in [0.15, 0.2) is 0 Å². The molecule has 0 N–H and O–H groups in total. The van der Waals surface area contributed by atoms with Gasteiger partial charge in [0.1, 0.15) is 0 Å². The van der Waals surface area contributed by atoms with Gasteiger partial charge in [-0.05, 0) is 5.52 Å². The van der Waals surface area contributed by atoms with Crippen LogP contribution in [-0.4, -0.2) is 4.98 Å². The second-order valence-electron chi connectivity index (χ2n) is 4.91. The number of aromatic nitrogens is 1. The Labute approximate surface area is 156 Å². The SMILES string of the molecule is CC1=[C-]C(C)C(C)=C1C.Cl.Cl.[Cr+2].[c-]1cccc2cccnc12. The maximum Gasteiger partial charge on any atom is 2.00 e. The zero-order chi connectivity index (χ0) is 13.8. The van der Waals surface area contributed by atoms with Gasteiger partial charge in [-0.15, -0.1) is 43.2 Å². The van der Waals surface area contributed by atoms with Gasteiger partial charge in [0, 0.05) is 6.20 Å². The summed E-state index contributed by atoms with van der Waals surface area (Å²) in [5.74, 6) is 0.560. The molecule has 0 radical (unpaired) electrons. The molecule has 0 saturated heterocycles. The predicted octanol–water partition coefficient (Wildman–Crippen LogP) is 5.60. The van der Waals surface area contributed by atoms with Crippen LogP contribution in [0.25, 0.3) is 10.9 Å². The van der Waals surface area contributed by atoms with Crippen molar-refractivity contribution < 1.29 is 17.4 Å².